The van der Waals surface area contributed by atoms with E-state index in [4.69, 9.17) is 14.9 Å². The molecule has 6 heterocycles. The van der Waals surface area contributed by atoms with Crippen LogP contribution in [-0.4, -0.2) is 95.1 Å². The molecule has 1 spiro atoms. The van der Waals surface area contributed by atoms with Crippen LogP contribution in [-0.2, 0) is 11.8 Å². The summed E-state index contributed by atoms with van der Waals surface area (Å²) in [5.41, 5.74) is 11.3. The van der Waals surface area contributed by atoms with E-state index in [0.717, 1.165) is 106 Å². The minimum Gasteiger partial charge on any atom is -0.490 e. The number of aliphatic hydroxyl groups excluding tert-OH is 2. The van der Waals surface area contributed by atoms with Gasteiger partial charge in [0.05, 0.1) is 24.8 Å². The van der Waals surface area contributed by atoms with Crippen molar-refractivity contribution in [2.45, 2.75) is 146 Å². The lowest BCUT2D eigenvalue weighted by Gasteiger charge is -2.62. The zero-order valence-corrected chi connectivity index (χ0v) is 44.0. The molecule has 10 aliphatic rings. The van der Waals surface area contributed by atoms with Gasteiger partial charge >= 0.3 is 0 Å². The second-order valence-corrected chi connectivity index (χ2v) is 23.9. The van der Waals surface area contributed by atoms with E-state index in [-0.39, 0.29) is 23.5 Å². The van der Waals surface area contributed by atoms with Crippen LogP contribution in [0.3, 0.4) is 0 Å². The van der Waals surface area contributed by atoms with Gasteiger partial charge in [0, 0.05) is 71.5 Å². The molecule has 5 aliphatic carbocycles. The van der Waals surface area contributed by atoms with Gasteiger partial charge in [0.2, 0.25) is 0 Å². The van der Waals surface area contributed by atoms with Crippen molar-refractivity contribution in [1.29, 1.82) is 0 Å². The van der Waals surface area contributed by atoms with E-state index in [9.17, 15) is 15.0 Å². The maximum atomic E-state index is 13.6. The van der Waals surface area contributed by atoms with Crippen molar-refractivity contribution in [3.05, 3.63) is 90.3 Å². The standard InChI is InChI=1S/C25H29I2NO3.C20H26N2O2.C10H17N/c1-4-7-11-22-23(18-10-8-9-12-21(18)31-22)24(29)17-15-19(26)25(20(27)16-17)30-14-13-28(5-2)6-3;1-3-10-11-8-14-17-20(12-6-4-5-7-13(12)21(17)2)9-15(16(11)18(20)23)22(14)19(10)24;11-10-4-7-1-8(5-10)3-9(2-7)6-10/h8-10,12,15-16H,4-7,11,13-14H2,1-3H3;4-7,10-11,14-19,23-24H,3,8-9H2,1-2H3;7-9H,1-6,11H2/t;10-,11-,14-,15-,16?,17-,18+,19+,20+;/m.0./s1. The number of furan rings is 1. The molecule has 2 unspecified atom stereocenters. The molecule has 5 saturated carbocycles. The Kier molecular flexibility index (Phi) is 13.5. The molecule has 356 valence electrons. The largest absolute Gasteiger partial charge is 0.490 e. The number of para-hydroxylation sites is 2. The van der Waals surface area contributed by atoms with E-state index in [1.54, 1.807) is 0 Å². The monoisotopic (exact) mass is 1120 g/mol. The number of aryl methyl sites for hydroxylation is 1. The van der Waals surface area contributed by atoms with Gasteiger partial charge in [-0.15, -0.1) is 0 Å². The topological polar surface area (TPSA) is 116 Å². The second kappa shape index (κ2) is 18.8. The Morgan fingerprint density at radius 2 is 1.55 bits per heavy atom. The van der Waals surface area contributed by atoms with Crippen LogP contribution in [0.25, 0.3) is 11.0 Å². The van der Waals surface area contributed by atoms with Crippen molar-refractivity contribution < 1.29 is 24.2 Å². The Bertz CT molecular complexity index is 2360. The van der Waals surface area contributed by atoms with Gasteiger partial charge in [0.25, 0.3) is 0 Å². The summed E-state index contributed by atoms with van der Waals surface area (Å²) in [7, 11) is 2.19. The zero-order valence-electron chi connectivity index (χ0n) is 39.7. The van der Waals surface area contributed by atoms with E-state index in [1.165, 1.54) is 49.8 Å². The number of rotatable bonds is 12. The third-order valence-corrected chi connectivity index (χ3v) is 19.6. The van der Waals surface area contributed by atoms with E-state index in [1.807, 2.05) is 36.4 Å². The lowest BCUT2D eigenvalue weighted by atomic mass is 9.53. The first kappa shape index (κ1) is 47.4. The molecule has 9 bridgehead atoms. The summed E-state index contributed by atoms with van der Waals surface area (Å²) in [5, 5.41) is 23.5. The molecule has 9 nitrogen and oxygen atoms in total. The van der Waals surface area contributed by atoms with Gasteiger partial charge in [0.1, 0.15) is 29.9 Å². The highest BCUT2D eigenvalue weighted by Crippen LogP contribution is 2.69. The Morgan fingerprint density at radius 3 is 2.18 bits per heavy atom. The number of carbonyl (C=O) groups is 1. The Balaban J connectivity index is 0.000000127. The molecular formula is C55H72I2N4O5. The molecule has 0 amide bonds. The normalized spacial score (nSPS) is 35.7. The lowest BCUT2D eigenvalue weighted by Crippen LogP contribution is -2.72. The third-order valence-electron chi connectivity index (χ3n) is 18.0. The maximum absolute atomic E-state index is 13.6. The SMILES string of the molecule is CCCCc1oc2ccccc2c1C(=O)c1cc(I)c(OCCN(CC)CC)c(I)c1.CC[C@H]1[C@@H]2C[C@H]3[C@@H]4N(C)c5ccccc5[C@]45C[C@@H](C2[C@H]5O)N3[C@@H]1O.NC12CC3CC(CC(C3)C1)C2. The molecule has 14 rings (SSSR count). The predicted molar refractivity (Wildman–Crippen MR) is 280 cm³/mol. The Labute approximate surface area is 420 Å². The second-order valence-electron chi connectivity index (χ2n) is 21.6. The summed E-state index contributed by atoms with van der Waals surface area (Å²) in [6.07, 6.45) is 13.9. The molecule has 4 aromatic rings. The van der Waals surface area contributed by atoms with Crippen molar-refractivity contribution in [1.82, 2.24) is 9.80 Å². The zero-order chi connectivity index (χ0) is 46.2. The van der Waals surface area contributed by atoms with Crippen LogP contribution in [0.1, 0.15) is 126 Å². The summed E-state index contributed by atoms with van der Waals surface area (Å²) in [5.74, 6) is 5.85. The molecule has 5 aliphatic heterocycles. The molecule has 4 saturated heterocycles. The van der Waals surface area contributed by atoms with Crippen LogP contribution in [0.15, 0.2) is 65.1 Å². The molecule has 3 aromatic carbocycles. The number of ether oxygens (including phenoxy) is 1. The highest BCUT2D eigenvalue weighted by Gasteiger charge is 2.76. The fourth-order valence-electron chi connectivity index (χ4n) is 15.7. The number of halogens is 2. The lowest BCUT2D eigenvalue weighted by molar-refractivity contribution is -0.211. The smallest absolute Gasteiger partial charge is 0.197 e. The van der Waals surface area contributed by atoms with Crippen LogP contribution in [0.2, 0.25) is 0 Å². The first-order chi connectivity index (χ1) is 31.8. The van der Waals surface area contributed by atoms with Gasteiger partial charge in [-0.05, 0) is 176 Å². The summed E-state index contributed by atoms with van der Waals surface area (Å²) >= 11 is 4.54. The van der Waals surface area contributed by atoms with Crippen LogP contribution < -0.4 is 15.4 Å². The highest BCUT2D eigenvalue weighted by molar-refractivity contribution is 14.1. The molecule has 4 N–H and O–H groups in total. The quantitative estimate of drug-likeness (QED) is 0.0942. The number of unbranched alkanes of at least 4 members (excludes halogenated alkanes) is 1. The number of carbonyl (C=O) groups excluding carboxylic acids is 1. The third kappa shape index (κ3) is 7.90. The molecular weight excluding hydrogens is 1050 g/mol. The summed E-state index contributed by atoms with van der Waals surface area (Å²) in [6, 6.07) is 21.4. The average molecular weight is 1120 g/mol. The number of piperidine rings is 4. The van der Waals surface area contributed by atoms with Gasteiger partial charge in [-0.25, -0.2) is 0 Å². The van der Waals surface area contributed by atoms with Crippen LogP contribution in [0.5, 0.6) is 5.75 Å². The van der Waals surface area contributed by atoms with E-state index in [2.05, 4.69) is 119 Å². The summed E-state index contributed by atoms with van der Waals surface area (Å²) < 4.78 is 14.1. The maximum Gasteiger partial charge on any atom is 0.197 e. The first-order valence-corrected chi connectivity index (χ1v) is 27.6. The van der Waals surface area contributed by atoms with Gasteiger partial charge in [0.15, 0.2) is 5.78 Å². The number of ketones is 1. The molecule has 9 fully saturated rings. The predicted octanol–water partition coefficient (Wildman–Crippen LogP) is 10.4. The summed E-state index contributed by atoms with van der Waals surface area (Å²) in [6.45, 7) is 12.2. The van der Waals surface area contributed by atoms with E-state index < -0.39 is 0 Å². The van der Waals surface area contributed by atoms with Crippen molar-refractivity contribution in [3.8, 4) is 5.75 Å². The number of likely N-dealkylation sites (N-methyl/N-ethyl adjacent to an activating group) is 2. The van der Waals surface area contributed by atoms with E-state index >= 15 is 0 Å². The molecule has 0 radical (unpaired) electrons. The fraction of sp³-hybridized carbons (Fsp3) is 0.618. The molecule has 66 heavy (non-hydrogen) atoms. The van der Waals surface area contributed by atoms with E-state index in [0.29, 0.717) is 59.2 Å². The van der Waals surface area contributed by atoms with Crippen LogP contribution in [0, 0.1) is 42.6 Å². The number of fused-ring (bicyclic) bond motifs is 3. The summed E-state index contributed by atoms with van der Waals surface area (Å²) in [4.78, 5) is 20.8. The highest BCUT2D eigenvalue weighted by atomic mass is 127. The van der Waals surface area contributed by atoms with Crippen molar-refractivity contribution in [2.24, 2.45) is 41.2 Å². The molecule has 10 atom stereocenters. The van der Waals surface area contributed by atoms with Crippen LogP contribution in [0.4, 0.5) is 5.69 Å². The number of aliphatic hydroxyl groups is 2. The minimum atomic E-state index is -0.319. The number of nitrogens with zero attached hydrogens (tertiary/aromatic N) is 3. The fourth-order valence-corrected chi connectivity index (χ4v) is 17.8. The number of hydrogen-bond acceptors (Lipinski definition) is 9. The van der Waals surface area contributed by atoms with Crippen molar-refractivity contribution >= 4 is 67.6 Å². The van der Waals surface area contributed by atoms with Crippen molar-refractivity contribution in [3.63, 3.8) is 0 Å². The number of nitrogens with two attached hydrogens (primary N) is 1. The van der Waals surface area contributed by atoms with Gasteiger partial charge in [-0.1, -0.05) is 70.5 Å². The number of benzene rings is 3. The number of hydrogen-bond donors (Lipinski definition) is 3. The van der Waals surface area contributed by atoms with Gasteiger partial charge in [-0.2, -0.15) is 0 Å². The van der Waals surface area contributed by atoms with Gasteiger partial charge < -0.3 is 34.9 Å². The molecule has 11 heteroatoms. The Hall–Kier alpha value is -2.27. The molecule has 1 aromatic heterocycles. The minimum absolute atomic E-state index is 0.0153. The first-order valence-electron chi connectivity index (χ1n) is 25.5. The van der Waals surface area contributed by atoms with Crippen LogP contribution >= 0.6 is 45.2 Å². The Morgan fingerprint density at radius 1 is 0.894 bits per heavy atom. The number of anilines is 1. The van der Waals surface area contributed by atoms with Gasteiger partial charge in [-0.3, -0.25) is 9.69 Å². The average Bonchev–Trinajstić information content (AvgIpc) is 3.87. The van der Waals surface area contributed by atoms with Crippen molar-refractivity contribution in [2.75, 3.05) is 38.2 Å².